The molecule has 2 heteroatoms. The van der Waals surface area contributed by atoms with Crippen molar-refractivity contribution in [3.05, 3.63) is 0 Å². The standard InChI is InChI=1S/C12H25NO/c1-5-12(4,9-13)8-10-6-7-11(2,3)14-10/h10H,5-9,13H2,1-4H3. The van der Waals surface area contributed by atoms with Crippen molar-refractivity contribution in [2.24, 2.45) is 11.1 Å². The Hall–Kier alpha value is -0.0800. The van der Waals surface area contributed by atoms with Crippen LogP contribution in [-0.4, -0.2) is 18.2 Å². The van der Waals surface area contributed by atoms with E-state index in [4.69, 9.17) is 10.5 Å². The Morgan fingerprint density at radius 1 is 1.50 bits per heavy atom. The Labute approximate surface area is 88.2 Å². The van der Waals surface area contributed by atoms with Crippen molar-refractivity contribution in [1.82, 2.24) is 0 Å². The van der Waals surface area contributed by atoms with Crippen molar-refractivity contribution < 1.29 is 4.74 Å². The zero-order valence-corrected chi connectivity index (χ0v) is 10.1. The molecule has 0 aliphatic carbocycles. The first-order valence-electron chi connectivity index (χ1n) is 5.79. The highest BCUT2D eigenvalue weighted by Crippen LogP contribution is 2.36. The van der Waals surface area contributed by atoms with Crippen LogP contribution in [0.4, 0.5) is 0 Å². The number of hydrogen-bond acceptors (Lipinski definition) is 2. The van der Waals surface area contributed by atoms with E-state index in [1.807, 2.05) is 0 Å². The molecule has 14 heavy (non-hydrogen) atoms. The quantitative estimate of drug-likeness (QED) is 0.755. The molecule has 1 rings (SSSR count). The third kappa shape index (κ3) is 2.96. The van der Waals surface area contributed by atoms with Gasteiger partial charge in [0, 0.05) is 0 Å². The van der Waals surface area contributed by atoms with Gasteiger partial charge in [0.25, 0.3) is 0 Å². The molecule has 2 atom stereocenters. The van der Waals surface area contributed by atoms with E-state index in [1.165, 1.54) is 12.8 Å². The van der Waals surface area contributed by atoms with Gasteiger partial charge in [-0.05, 0) is 51.5 Å². The van der Waals surface area contributed by atoms with E-state index in [1.54, 1.807) is 0 Å². The van der Waals surface area contributed by atoms with Crippen LogP contribution in [0.1, 0.15) is 53.4 Å². The van der Waals surface area contributed by atoms with Gasteiger partial charge in [0.15, 0.2) is 0 Å². The Bertz CT molecular complexity index is 185. The van der Waals surface area contributed by atoms with Crippen LogP contribution in [-0.2, 0) is 4.74 Å². The summed E-state index contributed by atoms with van der Waals surface area (Å²) in [5.41, 5.74) is 6.17. The van der Waals surface area contributed by atoms with E-state index in [-0.39, 0.29) is 11.0 Å². The monoisotopic (exact) mass is 199 g/mol. The summed E-state index contributed by atoms with van der Waals surface area (Å²) in [6.45, 7) is 9.61. The summed E-state index contributed by atoms with van der Waals surface area (Å²) < 4.78 is 5.99. The molecular weight excluding hydrogens is 174 g/mol. The predicted octanol–water partition coefficient (Wildman–Crippen LogP) is 2.71. The summed E-state index contributed by atoms with van der Waals surface area (Å²) in [6, 6.07) is 0. The van der Waals surface area contributed by atoms with Gasteiger partial charge in [-0.1, -0.05) is 13.8 Å². The normalized spacial score (nSPS) is 30.2. The average molecular weight is 199 g/mol. The van der Waals surface area contributed by atoms with Crippen molar-refractivity contribution in [2.45, 2.75) is 65.1 Å². The van der Waals surface area contributed by atoms with Gasteiger partial charge in [0.05, 0.1) is 11.7 Å². The van der Waals surface area contributed by atoms with Crippen LogP contribution in [0.5, 0.6) is 0 Å². The minimum atomic E-state index is 0.0912. The zero-order valence-electron chi connectivity index (χ0n) is 10.1. The molecule has 0 bridgehead atoms. The second-order valence-corrected chi connectivity index (χ2v) is 5.61. The molecule has 0 amide bonds. The fraction of sp³-hybridized carbons (Fsp3) is 1.00. The summed E-state index contributed by atoms with van der Waals surface area (Å²) in [5.74, 6) is 0. The van der Waals surface area contributed by atoms with Gasteiger partial charge in [-0.15, -0.1) is 0 Å². The molecule has 2 unspecified atom stereocenters. The van der Waals surface area contributed by atoms with Gasteiger partial charge in [-0.25, -0.2) is 0 Å². The lowest BCUT2D eigenvalue weighted by Gasteiger charge is -2.30. The molecule has 1 saturated heterocycles. The van der Waals surface area contributed by atoms with Gasteiger partial charge in [-0.3, -0.25) is 0 Å². The first-order chi connectivity index (χ1) is 6.41. The van der Waals surface area contributed by atoms with E-state index in [0.717, 1.165) is 19.4 Å². The fourth-order valence-corrected chi connectivity index (χ4v) is 2.14. The molecule has 1 aliphatic heterocycles. The van der Waals surface area contributed by atoms with Crippen LogP contribution < -0.4 is 5.73 Å². The van der Waals surface area contributed by atoms with E-state index in [0.29, 0.717) is 6.10 Å². The van der Waals surface area contributed by atoms with Crippen molar-refractivity contribution in [2.75, 3.05) is 6.54 Å². The minimum absolute atomic E-state index is 0.0912. The van der Waals surface area contributed by atoms with Gasteiger partial charge in [0.2, 0.25) is 0 Å². The summed E-state index contributed by atoms with van der Waals surface area (Å²) >= 11 is 0. The van der Waals surface area contributed by atoms with Crippen molar-refractivity contribution in [3.63, 3.8) is 0 Å². The molecule has 1 fully saturated rings. The first kappa shape index (κ1) is 12.0. The Kier molecular flexibility index (Phi) is 3.59. The van der Waals surface area contributed by atoms with Gasteiger partial charge < -0.3 is 10.5 Å². The number of nitrogens with two attached hydrogens (primary N) is 1. The van der Waals surface area contributed by atoms with Crippen LogP contribution in [0, 0.1) is 5.41 Å². The van der Waals surface area contributed by atoms with Crippen molar-refractivity contribution in [1.29, 1.82) is 0 Å². The molecule has 0 aromatic carbocycles. The highest BCUT2D eigenvalue weighted by molar-refractivity contribution is 4.86. The predicted molar refractivity (Wildman–Crippen MR) is 60.3 cm³/mol. The van der Waals surface area contributed by atoms with Crippen molar-refractivity contribution in [3.8, 4) is 0 Å². The molecule has 0 spiro atoms. The largest absolute Gasteiger partial charge is 0.372 e. The Morgan fingerprint density at radius 3 is 2.50 bits per heavy atom. The lowest BCUT2D eigenvalue weighted by atomic mass is 9.81. The summed E-state index contributed by atoms with van der Waals surface area (Å²) in [5, 5.41) is 0. The molecule has 0 radical (unpaired) electrons. The molecule has 0 aromatic heterocycles. The Morgan fingerprint density at radius 2 is 2.14 bits per heavy atom. The van der Waals surface area contributed by atoms with Gasteiger partial charge >= 0.3 is 0 Å². The van der Waals surface area contributed by atoms with Crippen LogP contribution in [0.15, 0.2) is 0 Å². The highest BCUT2D eigenvalue weighted by atomic mass is 16.5. The van der Waals surface area contributed by atoms with Crippen LogP contribution in [0.3, 0.4) is 0 Å². The number of rotatable bonds is 4. The average Bonchev–Trinajstić information content (AvgIpc) is 2.45. The van der Waals surface area contributed by atoms with E-state index in [2.05, 4.69) is 27.7 Å². The lowest BCUT2D eigenvalue weighted by Crippen LogP contribution is -2.32. The van der Waals surface area contributed by atoms with E-state index >= 15 is 0 Å². The van der Waals surface area contributed by atoms with Crippen molar-refractivity contribution >= 4 is 0 Å². The zero-order chi connectivity index (χ0) is 10.8. The minimum Gasteiger partial charge on any atom is -0.372 e. The SMILES string of the molecule is CCC(C)(CN)CC1CCC(C)(C)O1. The molecular formula is C12H25NO. The summed E-state index contributed by atoms with van der Waals surface area (Å²) in [4.78, 5) is 0. The molecule has 0 saturated carbocycles. The molecule has 2 N–H and O–H groups in total. The maximum absolute atomic E-state index is 5.99. The Balaban J connectivity index is 2.46. The third-order valence-electron chi connectivity index (χ3n) is 3.62. The topological polar surface area (TPSA) is 35.2 Å². The smallest absolute Gasteiger partial charge is 0.0631 e. The second kappa shape index (κ2) is 4.19. The van der Waals surface area contributed by atoms with Crippen LogP contribution >= 0.6 is 0 Å². The van der Waals surface area contributed by atoms with Gasteiger partial charge in [0.1, 0.15) is 0 Å². The molecule has 84 valence electrons. The number of ether oxygens (including phenoxy) is 1. The van der Waals surface area contributed by atoms with Gasteiger partial charge in [-0.2, -0.15) is 0 Å². The molecule has 2 nitrogen and oxygen atoms in total. The first-order valence-corrected chi connectivity index (χ1v) is 5.79. The molecule has 1 aliphatic rings. The van der Waals surface area contributed by atoms with E-state index in [9.17, 15) is 0 Å². The van der Waals surface area contributed by atoms with Crippen LogP contribution in [0.25, 0.3) is 0 Å². The molecule has 1 heterocycles. The number of hydrogen-bond donors (Lipinski definition) is 1. The summed E-state index contributed by atoms with van der Waals surface area (Å²) in [7, 11) is 0. The molecule has 0 aromatic rings. The lowest BCUT2D eigenvalue weighted by molar-refractivity contribution is -0.0332. The maximum atomic E-state index is 5.99. The maximum Gasteiger partial charge on any atom is 0.0631 e. The fourth-order valence-electron chi connectivity index (χ4n) is 2.14. The summed E-state index contributed by atoms with van der Waals surface area (Å²) in [6.07, 6.45) is 5.07. The second-order valence-electron chi connectivity index (χ2n) is 5.61. The third-order valence-corrected chi connectivity index (χ3v) is 3.62. The highest BCUT2D eigenvalue weighted by Gasteiger charge is 2.35. The van der Waals surface area contributed by atoms with Crippen LogP contribution in [0.2, 0.25) is 0 Å². The van der Waals surface area contributed by atoms with E-state index < -0.39 is 0 Å².